The van der Waals surface area contributed by atoms with Crippen molar-refractivity contribution in [2.24, 2.45) is 0 Å². The van der Waals surface area contributed by atoms with Gasteiger partial charge in [0, 0.05) is 6.54 Å². The van der Waals surface area contributed by atoms with Crippen LogP contribution in [0.15, 0.2) is 23.0 Å². The number of aromatic nitrogens is 3. The van der Waals surface area contributed by atoms with Crippen LogP contribution in [0.1, 0.15) is 16.2 Å². The minimum absolute atomic E-state index is 0.0502. The summed E-state index contributed by atoms with van der Waals surface area (Å²) in [6.45, 7) is 0.504. The van der Waals surface area contributed by atoms with Crippen LogP contribution in [0.5, 0.6) is 11.5 Å². The number of hydrogen-bond acceptors (Lipinski definition) is 5. The molecule has 0 radical (unpaired) electrons. The summed E-state index contributed by atoms with van der Waals surface area (Å²) in [7, 11) is 0. The van der Waals surface area contributed by atoms with Crippen LogP contribution < -0.4 is 20.5 Å². The Balaban J connectivity index is 1.66. The third-order valence-electron chi connectivity index (χ3n) is 2.61. The van der Waals surface area contributed by atoms with Crippen molar-refractivity contribution in [1.29, 1.82) is 0 Å². The normalized spacial score (nSPS) is 12.4. The number of ether oxygens (including phenoxy) is 2. The van der Waals surface area contributed by atoms with Crippen LogP contribution in [0.25, 0.3) is 0 Å². The lowest BCUT2D eigenvalue weighted by atomic mass is 10.2. The van der Waals surface area contributed by atoms with E-state index < -0.39 is 11.6 Å². The third kappa shape index (κ3) is 2.28. The Kier molecular flexibility index (Phi) is 2.67. The fourth-order valence-corrected chi connectivity index (χ4v) is 1.69. The van der Waals surface area contributed by atoms with Gasteiger partial charge in [-0.2, -0.15) is 0 Å². The maximum atomic E-state index is 11.6. The van der Waals surface area contributed by atoms with E-state index in [1.165, 1.54) is 0 Å². The molecule has 0 spiro atoms. The van der Waals surface area contributed by atoms with E-state index in [9.17, 15) is 9.59 Å². The van der Waals surface area contributed by atoms with Gasteiger partial charge in [-0.15, -0.1) is 5.10 Å². The van der Waals surface area contributed by atoms with Crippen molar-refractivity contribution in [3.63, 3.8) is 0 Å². The van der Waals surface area contributed by atoms with E-state index in [-0.39, 0.29) is 12.6 Å². The number of H-pyrrole nitrogens is 2. The van der Waals surface area contributed by atoms with Crippen LogP contribution in [0.4, 0.5) is 0 Å². The SMILES string of the molecule is O=C(NCc1ccc2c(c1)OCO2)c1n[nH]c(=O)[nH]1. The van der Waals surface area contributed by atoms with Crippen LogP contribution >= 0.6 is 0 Å². The van der Waals surface area contributed by atoms with Gasteiger partial charge in [0.25, 0.3) is 5.91 Å². The summed E-state index contributed by atoms with van der Waals surface area (Å²) in [4.78, 5) is 24.7. The predicted molar refractivity (Wildman–Crippen MR) is 62.9 cm³/mol. The number of fused-ring (bicyclic) bond motifs is 1. The topological polar surface area (TPSA) is 109 Å². The number of aromatic amines is 2. The van der Waals surface area contributed by atoms with Crippen LogP contribution in [0.3, 0.4) is 0 Å². The van der Waals surface area contributed by atoms with Crippen LogP contribution in [-0.4, -0.2) is 27.9 Å². The van der Waals surface area contributed by atoms with E-state index in [4.69, 9.17) is 9.47 Å². The van der Waals surface area contributed by atoms with E-state index in [1.807, 2.05) is 6.07 Å². The molecule has 1 aliphatic heterocycles. The molecule has 2 aromatic rings. The average molecular weight is 262 g/mol. The lowest BCUT2D eigenvalue weighted by Gasteiger charge is -2.04. The highest BCUT2D eigenvalue weighted by molar-refractivity contribution is 5.90. The quantitative estimate of drug-likeness (QED) is 0.707. The van der Waals surface area contributed by atoms with Crippen molar-refractivity contribution in [2.75, 3.05) is 6.79 Å². The van der Waals surface area contributed by atoms with Gasteiger partial charge in [0.1, 0.15) is 0 Å². The van der Waals surface area contributed by atoms with Crippen molar-refractivity contribution in [3.05, 3.63) is 40.1 Å². The molecule has 0 unspecified atom stereocenters. The zero-order valence-corrected chi connectivity index (χ0v) is 9.73. The lowest BCUT2D eigenvalue weighted by Crippen LogP contribution is -2.24. The average Bonchev–Trinajstić information content (AvgIpc) is 3.03. The number of hydrogen-bond donors (Lipinski definition) is 3. The Morgan fingerprint density at radius 2 is 2.21 bits per heavy atom. The van der Waals surface area contributed by atoms with Gasteiger partial charge in [-0.25, -0.2) is 9.89 Å². The Bertz CT molecular complexity index is 675. The summed E-state index contributed by atoms with van der Waals surface area (Å²) in [6.07, 6.45) is 0. The maximum Gasteiger partial charge on any atom is 0.341 e. The molecule has 1 aromatic heterocycles. The second-order valence-corrected chi connectivity index (χ2v) is 3.90. The van der Waals surface area contributed by atoms with Crippen molar-refractivity contribution in [1.82, 2.24) is 20.5 Å². The Morgan fingerprint density at radius 1 is 1.37 bits per heavy atom. The van der Waals surface area contributed by atoms with Gasteiger partial charge in [-0.3, -0.25) is 9.78 Å². The summed E-state index contributed by atoms with van der Waals surface area (Å²) in [5.74, 6) is 0.827. The first-order valence-corrected chi connectivity index (χ1v) is 5.54. The summed E-state index contributed by atoms with van der Waals surface area (Å²) < 4.78 is 10.4. The fraction of sp³-hybridized carbons (Fsp3) is 0.182. The minimum atomic E-state index is -0.520. The van der Waals surface area contributed by atoms with Crippen molar-refractivity contribution in [3.8, 4) is 11.5 Å². The van der Waals surface area contributed by atoms with E-state index in [0.29, 0.717) is 18.0 Å². The molecule has 2 heterocycles. The molecule has 8 nitrogen and oxygen atoms in total. The molecule has 0 aliphatic carbocycles. The predicted octanol–water partition coefficient (Wildman–Crippen LogP) is -0.243. The van der Waals surface area contributed by atoms with Crippen molar-refractivity contribution < 1.29 is 14.3 Å². The van der Waals surface area contributed by atoms with Gasteiger partial charge in [-0.05, 0) is 17.7 Å². The number of amides is 1. The molecule has 8 heteroatoms. The second-order valence-electron chi connectivity index (χ2n) is 3.90. The molecular weight excluding hydrogens is 252 g/mol. The number of nitrogens with one attached hydrogen (secondary N) is 3. The van der Waals surface area contributed by atoms with Crippen LogP contribution in [0.2, 0.25) is 0 Å². The molecule has 0 fully saturated rings. The van der Waals surface area contributed by atoms with Gasteiger partial charge in [0.05, 0.1) is 0 Å². The van der Waals surface area contributed by atoms with Crippen molar-refractivity contribution >= 4 is 5.91 Å². The van der Waals surface area contributed by atoms with E-state index in [0.717, 1.165) is 5.56 Å². The lowest BCUT2D eigenvalue weighted by molar-refractivity contribution is 0.0940. The first kappa shape index (κ1) is 11.3. The molecule has 1 aromatic carbocycles. The Morgan fingerprint density at radius 3 is 3.00 bits per heavy atom. The third-order valence-corrected chi connectivity index (χ3v) is 2.61. The molecule has 0 atom stereocenters. The molecule has 0 saturated carbocycles. The standard InChI is InChI=1S/C11H10N4O4/c16-10(9-13-11(17)15-14-9)12-4-6-1-2-7-8(3-6)19-5-18-7/h1-3H,4-5H2,(H,12,16)(H2,13,14,15,17). The van der Waals surface area contributed by atoms with Gasteiger partial charge in [0.2, 0.25) is 12.6 Å². The highest BCUT2D eigenvalue weighted by Crippen LogP contribution is 2.32. The van der Waals surface area contributed by atoms with E-state index in [2.05, 4.69) is 20.5 Å². The molecular formula is C11H10N4O4. The number of benzene rings is 1. The molecule has 0 bridgehead atoms. The van der Waals surface area contributed by atoms with E-state index in [1.54, 1.807) is 12.1 Å². The summed E-state index contributed by atoms with van der Waals surface area (Å²) in [6, 6.07) is 5.39. The Labute approximate surface area is 106 Å². The molecule has 1 aliphatic rings. The molecule has 3 N–H and O–H groups in total. The molecule has 0 saturated heterocycles. The first-order valence-electron chi connectivity index (χ1n) is 5.54. The molecule has 19 heavy (non-hydrogen) atoms. The zero-order chi connectivity index (χ0) is 13.2. The number of nitrogens with zero attached hydrogens (tertiary/aromatic N) is 1. The molecule has 98 valence electrons. The fourth-order valence-electron chi connectivity index (χ4n) is 1.69. The minimum Gasteiger partial charge on any atom is -0.454 e. The van der Waals surface area contributed by atoms with Gasteiger partial charge >= 0.3 is 5.69 Å². The summed E-state index contributed by atoms with van der Waals surface area (Å²) in [5, 5.41) is 8.29. The zero-order valence-electron chi connectivity index (χ0n) is 9.73. The smallest absolute Gasteiger partial charge is 0.341 e. The maximum absolute atomic E-state index is 11.6. The largest absolute Gasteiger partial charge is 0.454 e. The highest BCUT2D eigenvalue weighted by atomic mass is 16.7. The molecule has 3 rings (SSSR count). The van der Waals surface area contributed by atoms with Gasteiger partial charge < -0.3 is 14.8 Å². The highest BCUT2D eigenvalue weighted by Gasteiger charge is 2.14. The van der Waals surface area contributed by atoms with Crippen LogP contribution in [0, 0.1) is 0 Å². The summed E-state index contributed by atoms with van der Waals surface area (Å²) >= 11 is 0. The van der Waals surface area contributed by atoms with Crippen LogP contribution in [-0.2, 0) is 6.54 Å². The first-order chi connectivity index (χ1) is 9.22. The Hall–Kier alpha value is -2.77. The van der Waals surface area contributed by atoms with Crippen molar-refractivity contribution in [2.45, 2.75) is 6.54 Å². The number of rotatable bonds is 3. The monoisotopic (exact) mass is 262 g/mol. The number of carbonyl (C=O) groups excluding carboxylic acids is 1. The van der Waals surface area contributed by atoms with E-state index >= 15 is 0 Å². The van der Waals surface area contributed by atoms with Gasteiger partial charge in [-0.1, -0.05) is 6.07 Å². The second kappa shape index (κ2) is 4.48. The summed E-state index contributed by atoms with van der Waals surface area (Å²) in [5.41, 5.74) is 0.337. The number of carbonyl (C=O) groups is 1. The van der Waals surface area contributed by atoms with Gasteiger partial charge in [0.15, 0.2) is 11.5 Å². The molecule has 1 amide bonds.